The highest BCUT2D eigenvalue weighted by Crippen LogP contribution is 2.44. The quantitative estimate of drug-likeness (QED) is 0.176. The average molecular weight is 747 g/mol. The lowest BCUT2D eigenvalue weighted by molar-refractivity contribution is 0.669. The summed E-state index contributed by atoms with van der Waals surface area (Å²) in [5, 5.41) is 7.11. The van der Waals surface area contributed by atoms with Crippen LogP contribution in [0.15, 0.2) is 186 Å². The van der Waals surface area contributed by atoms with Crippen LogP contribution >= 0.6 is 11.3 Å². The third-order valence-corrected chi connectivity index (χ3v) is 12.2. The van der Waals surface area contributed by atoms with Crippen LogP contribution in [0.2, 0.25) is 0 Å². The van der Waals surface area contributed by atoms with Crippen LogP contribution in [0.3, 0.4) is 0 Å². The molecule has 0 fully saturated rings. The molecule has 8 aromatic carbocycles. The van der Waals surface area contributed by atoms with E-state index in [1.54, 1.807) is 0 Å². The summed E-state index contributed by atoms with van der Waals surface area (Å²) in [7, 11) is 0. The number of fused-ring (bicyclic) bond motifs is 9. The van der Waals surface area contributed by atoms with Crippen molar-refractivity contribution in [3.63, 3.8) is 0 Å². The van der Waals surface area contributed by atoms with E-state index in [1.165, 1.54) is 42.0 Å². The topological polar surface area (TPSA) is 56.7 Å². The van der Waals surface area contributed by atoms with E-state index in [0.29, 0.717) is 17.5 Å². The zero-order chi connectivity index (χ0) is 37.5. The molecule has 4 heterocycles. The fourth-order valence-electron chi connectivity index (χ4n) is 8.45. The largest absolute Gasteiger partial charge is 0.455 e. The molecule has 5 nitrogen and oxygen atoms in total. The van der Waals surface area contributed by atoms with E-state index in [-0.39, 0.29) is 0 Å². The number of hydrogen-bond donors (Lipinski definition) is 0. The lowest BCUT2D eigenvalue weighted by Gasteiger charge is -2.09. The van der Waals surface area contributed by atoms with Crippen molar-refractivity contribution in [3.8, 4) is 51.0 Å². The van der Waals surface area contributed by atoms with Crippen molar-refractivity contribution in [2.75, 3.05) is 0 Å². The van der Waals surface area contributed by atoms with Crippen molar-refractivity contribution in [2.45, 2.75) is 0 Å². The van der Waals surface area contributed by atoms with Gasteiger partial charge in [-0.05, 0) is 65.7 Å². The molecule has 0 unspecified atom stereocenters. The van der Waals surface area contributed by atoms with Gasteiger partial charge in [0.25, 0.3) is 0 Å². The summed E-state index contributed by atoms with van der Waals surface area (Å²) in [5.74, 6) is 1.80. The van der Waals surface area contributed by atoms with Crippen molar-refractivity contribution < 1.29 is 4.42 Å². The van der Waals surface area contributed by atoms with Crippen LogP contribution in [0.1, 0.15) is 0 Å². The summed E-state index contributed by atoms with van der Waals surface area (Å²) >= 11 is 1.86. The smallest absolute Gasteiger partial charge is 0.167 e. The van der Waals surface area contributed by atoms with E-state index in [2.05, 4.69) is 120 Å². The number of thiophene rings is 1. The second-order valence-electron chi connectivity index (χ2n) is 14.4. The first-order valence-corrected chi connectivity index (χ1v) is 19.8. The molecule has 6 heteroatoms. The molecule has 0 bridgehead atoms. The predicted octanol–water partition coefficient (Wildman–Crippen LogP) is 13.9. The standard InChI is InChI=1S/C51H30N4OS/c1-4-14-31(15-5-1)49-52-50(32-16-6-2-7-17-32)54-51(53-49)38-23-12-22-37-47-35(21-13-24-44(47)56-48(37)38)33-26-27-42-39(28-33)40-30-46-41(36-20-10-11-25-45(36)57-46)29-43(40)55(42)34-18-8-3-9-19-34/h1-30H. The fraction of sp³-hybridized carbons (Fsp3) is 0. The van der Waals surface area contributed by atoms with Crippen molar-refractivity contribution in [1.82, 2.24) is 19.5 Å². The first kappa shape index (κ1) is 31.9. The molecule has 0 saturated carbocycles. The molecular formula is C51H30N4OS. The van der Waals surface area contributed by atoms with Crippen LogP contribution in [-0.2, 0) is 0 Å². The van der Waals surface area contributed by atoms with Gasteiger partial charge in [0.05, 0.1) is 16.6 Å². The van der Waals surface area contributed by atoms with Crippen molar-refractivity contribution in [1.29, 1.82) is 0 Å². The van der Waals surface area contributed by atoms with E-state index in [4.69, 9.17) is 19.4 Å². The summed E-state index contributed by atoms with van der Waals surface area (Å²) in [5.41, 5.74) is 9.98. The number of aromatic nitrogens is 4. The van der Waals surface area contributed by atoms with Gasteiger partial charge in [0.15, 0.2) is 17.5 Å². The first-order valence-electron chi connectivity index (χ1n) is 19.0. The Kier molecular flexibility index (Phi) is 7.03. The van der Waals surface area contributed by atoms with Crippen LogP contribution in [0, 0.1) is 0 Å². The molecule has 0 aliphatic rings. The molecule has 0 N–H and O–H groups in total. The Hall–Kier alpha value is -7.41. The highest BCUT2D eigenvalue weighted by Gasteiger charge is 2.21. The molecule has 0 aliphatic carbocycles. The molecule has 0 amide bonds. The van der Waals surface area contributed by atoms with Crippen LogP contribution < -0.4 is 0 Å². The van der Waals surface area contributed by atoms with Gasteiger partial charge in [-0.3, -0.25) is 0 Å². The molecule has 12 rings (SSSR count). The zero-order valence-electron chi connectivity index (χ0n) is 30.4. The van der Waals surface area contributed by atoms with Crippen molar-refractivity contribution >= 4 is 75.3 Å². The van der Waals surface area contributed by atoms with E-state index in [1.807, 2.05) is 78.1 Å². The Bertz CT molecular complexity index is 3460. The number of benzene rings is 8. The monoisotopic (exact) mass is 746 g/mol. The third kappa shape index (κ3) is 5.04. The minimum Gasteiger partial charge on any atom is -0.455 e. The molecule has 4 aromatic heterocycles. The van der Waals surface area contributed by atoms with Gasteiger partial charge in [-0.25, -0.2) is 15.0 Å². The van der Waals surface area contributed by atoms with Gasteiger partial charge in [0.2, 0.25) is 0 Å². The second-order valence-corrected chi connectivity index (χ2v) is 15.5. The van der Waals surface area contributed by atoms with E-state index in [9.17, 15) is 0 Å². The lowest BCUT2D eigenvalue weighted by Crippen LogP contribution is -2.00. The SMILES string of the molecule is c1ccc(-c2nc(-c3ccccc3)nc(-c3cccc4c3oc3cccc(-c5ccc6c(c5)c5cc7sc8ccccc8c7cc5n6-c5ccccc5)c34)n2)cc1. The molecular weight excluding hydrogens is 717 g/mol. The number of rotatable bonds is 5. The molecule has 0 aliphatic heterocycles. The van der Waals surface area contributed by atoms with Crippen LogP contribution in [-0.4, -0.2) is 19.5 Å². The minimum atomic E-state index is 0.566. The number of para-hydroxylation sites is 2. The lowest BCUT2D eigenvalue weighted by atomic mass is 9.97. The van der Waals surface area contributed by atoms with Gasteiger partial charge >= 0.3 is 0 Å². The summed E-state index contributed by atoms with van der Waals surface area (Å²) < 4.78 is 11.8. The van der Waals surface area contributed by atoms with E-state index < -0.39 is 0 Å². The maximum atomic E-state index is 6.78. The first-order chi connectivity index (χ1) is 28.2. The summed E-state index contributed by atoms with van der Waals surface area (Å²) in [6, 6.07) is 63.8. The summed E-state index contributed by atoms with van der Waals surface area (Å²) in [6.45, 7) is 0. The number of hydrogen-bond acceptors (Lipinski definition) is 5. The zero-order valence-corrected chi connectivity index (χ0v) is 31.2. The Morgan fingerprint density at radius 2 is 1.04 bits per heavy atom. The molecule has 0 atom stereocenters. The fourth-order valence-corrected chi connectivity index (χ4v) is 9.58. The van der Waals surface area contributed by atoms with Gasteiger partial charge in [0, 0.05) is 58.5 Å². The Morgan fingerprint density at radius 3 is 1.81 bits per heavy atom. The van der Waals surface area contributed by atoms with Crippen LogP contribution in [0.25, 0.3) is 115 Å². The Labute approximate surface area is 330 Å². The highest BCUT2D eigenvalue weighted by molar-refractivity contribution is 7.25. The number of furan rings is 1. The van der Waals surface area contributed by atoms with E-state index in [0.717, 1.165) is 55.4 Å². The molecule has 0 spiro atoms. The minimum absolute atomic E-state index is 0.566. The van der Waals surface area contributed by atoms with Crippen molar-refractivity contribution in [3.05, 3.63) is 182 Å². The Balaban J connectivity index is 1.07. The van der Waals surface area contributed by atoms with E-state index >= 15 is 0 Å². The highest BCUT2D eigenvalue weighted by atomic mass is 32.1. The third-order valence-electron chi connectivity index (χ3n) is 11.1. The van der Waals surface area contributed by atoms with Gasteiger partial charge in [-0.15, -0.1) is 11.3 Å². The number of nitrogens with zero attached hydrogens (tertiary/aromatic N) is 4. The second kappa shape index (κ2) is 12.6. The van der Waals surface area contributed by atoms with Crippen molar-refractivity contribution in [2.24, 2.45) is 0 Å². The average Bonchev–Trinajstić information content (AvgIpc) is 3.95. The normalized spacial score (nSPS) is 11.9. The molecule has 266 valence electrons. The Morgan fingerprint density at radius 1 is 0.404 bits per heavy atom. The van der Waals surface area contributed by atoms with Gasteiger partial charge in [0.1, 0.15) is 11.2 Å². The maximum Gasteiger partial charge on any atom is 0.167 e. The molecule has 0 radical (unpaired) electrons. The molecule has 57 heavy (non-hydrogen) atoms. The summed E-state index contributed by atoms with van der Waals surface area (Å²) in [6.07, 6.45) is 0. The molecule has 12 aromatic rings. The van der Waals surface area contributed by atoms with Gasteiger partial charge < -0.3 is 8.98 Å². The molecule has 0 saturated heterocycles. The van der Waals surface area contributed by atoms with Crippen LogP contribution in [0.5, 0.6) is 0 Å². The maximum absolute atomic E-state index is 6.78. The van der Waals surface area contributed by atoms with Gasteiger partial charge in [-0.1, -0.05) is 127 Å². The predicted molar refractivity (Wildman–Crippen MR) is 236 cm³/mol. The van der Waals surface area contributed by atoms with Crippen LogP contribution in [0.4, 0.5) is 0 Å². The van der Waals surface area contributed by atoms with Gasteiger partial charge in [-0.2, -0.15) is 0 Å². The summed E-state index contributed by atoms with van der Waals surface area (Å²) in [4.78, 5) is 15.0.